The van der Waals surface area contributed by atoms with Crippen LogP contribution in [0.25, 0.3) is 0 Å². The lowest BCUT2D eigenvalue weighted by atomic mass is 10.1. The number of rotatable bonds is 4. The van der Waals surface area contributed by atoms with E-state index in [0.717, 1.165) is 16.8 Å². The Morgan fingerprint density at radius 2 is 1.86 bits per heavy atom. The minimum absolute atomic E-state index is 0.157. The average Bonchev–Trinajstić information content (AvgIpc) is 2.72. The summed E-state index contributed by atoms with van der Waals surface area (Å²) in [5, 5.41) is 4.10. The van der Waals surface area contributed by atoms with Crippen molar-refractivity contribution >= 4 is 15.7 Å². The van der Waals surface area contributed by atoms with Gasteiger partial charge in [-0.3, -0.25) is 4.68 Å². The molecule has 0 aliphatic rings. The lowest BCUT2D eigenvalue weighted by Crippen LogP contribution is -2.25. The lowest BCUT2D eigenvalue weighted by Gasteiger charge is -2.13. The molecule has 0 amide bonds. The number of benzene rings is 1. The lowest BCUT2D eigenvalue weighted by molar-refractivity contribution is 0.581. The number of anilines is 1. The molecule has 1 heterocycles. The number of nitrogen functional groups attached to an aromatic ring is 1. The number of nitrogens with zero attached hydrogens (tertiary/aromatic N) is 2. The van der Waals surface area contributed by atoms with Crippen molar-refractivity contribution in [2.24, 2.45) is 7.05 Å². The second kappa shape index (κ2) is 5.50. The van der Waals surface area contributed by atoms with Crippen LogP contribution < -0.4 is 10.5 Å². The molecule has 0 unspecified atom stereocenters. The molecule has 0 bridgehead atoms. The number of nitrogens with one attached hydrogen (secondary N) is 1. The summed E-state index contributed by atoms with van der Waals surface area (Å²) < 4.78 is 29.3. The molecule has 0 saturated carbocycles. The Hall–Kier alpha value is -1.86. The van der Waals surface area contributed by atoms with Crippen LogP contribution in [0.1, 0.15) is 22.4 Å². The van der Waals surface area contributed by atoms with Crippen molar-refractivity contribution in [3.8, 4) is 0 Å². The standard InChI is InChI=1S/C14H20N4O2S/c1-9-5-6-10(2)14(13(9)15)21(19,20)17-8-12-7-16-18(4)11(12)3/h5-7,17H,8,15H2,1-4H3. The van der Waals surface area contributed by atoms with Crippen molar-refractivity contribution in [1.82, 2.24) is 14.5 Å². The quantitative estimate of drug-likeness (QED) is 0.836. The fourth-order valence-corrected chi connectivity index (χ4v) is 3.56. The molecule has 0 aliphatic carbocycles. The van der Waals surface area contributed by atoms with Crippen molar-refractivity contribution in [1.29, 1.82) is 0 Å². The first-order valence-electron chi connectivity index (χ1n) is 6.57. The van der Waals surface area contributed by atoms with Crippen molar-refractivity contribution in [2.75, 3.05) is 5.73 Å². The third kappa shape index (κ3) is 2.93. The van der Waals surface area contributed by atoms with Crippen LogP contribution in [0.4, 0.5) is 5.69 Å². The van der Waals surface area contributed by atoms with Crippen LogP contribution in [0.2, 0.25) is 0 Å². The monoisotopic (exact) mass is 308 g/mol. The van der Waals surface area contributed by atoms with Gasteiger partial charge in [0.2, 0.25) is 10.0 Å². The minimum Gasteiger partial charge on any atom is -0.397 e. The number of aromatic nitrogens is 2. The van der Waals surface area contributed by atoms with Crippen molar-refractivity contribution in [2.45, 2.75) is 32.2 Å². The van der Waals surface area contributed by atoms with Gasteiger partial charge in [0.15, 0.2) is 0 Å². The molecule has 0 aliphatic heterocycles. The fourth-order valence-electron chi connectivity index (χ4n) is 2.13. The summed E-state index contributed by atoms with van der Waals surface area (Å²) in [6, 6.07) is 3.57. The van der Waals surface area contributed by atoms with Crippen LogP contribution in [0.15, 0.2) is 23.2 Å². The summed E-state index contributed by atoms with van der Waals surface area (Å²) in [6.07, 6.45) is 1.66. The third-order valence-electron chi connectivity index (χ3n) is 3.67. The van der Waals surface area contributed by atoms with Gasteiger partial charge in [-0.15, -0.1) is 0 Å². The van der Waals surface area contributed by atoms with E-state index in [4.69, 9.17) is 5.73 Å². The van der Waals surface area contributed by atoms with Gasteiger partial charge in [-0.1, -0.05) is 12.1 Å². The van der Waals surface area contributed by atoms with Crippen molar-refractivity contribution < 1.29 is 8.42 Å². The van der Waals surface area contributed by atoms with E-state index in [9.17, 15) is 8.42 Å². The zero-order valence-corrected chi connectivity index (χ0v) is 13.5. The van der Waals surface area contributed by atoms with Crippen LogP contribution in [0.5, 0.6) is 0 Å². The van der Waals surface area contributed by atoms with E-state index in [1.165, 1.54) is 0 Å². The second-order valence-electron chi connectivity index (χ2n) is 5.15. The first-order chi connectivity index (χ1) is 9.74. The number of hydrogen-bond donors (Lipinski definition) is 2. The Kier molecular flexibility index (Phi) is 4.06. The van der Waals surface area contributed by atoms with E-state index >= 15 is 0 Å². The van der Waals surface area contributed by atoms with Crippen LogP contribution in [-0.4, -0.2) is 18.2 Å². The second-order valence-corrected chi connectivity index (χ2v) is 6.85. The summed E-state index contributed by atoms with van der Waals surface area (Å²) in [6.45, 7) is 5.61. The number of sulfonamides is 1. The molecule has 1 aromatic carbocycles. The molecule has 2 rings (SSSR count). The van der Waals surface area contributed by atoms with Gasteiger partial charge in [-0.25, -0.2) is 13.1 Å². The van der Waals surface area contributed by atoms with Gasteiger partial charge in [-0.05, 0) is 31.9 Å². The molecule has 7 heteroatoms. The Labute approximate surface area is 125 Å². The summed E-state index contributed by atoms with van der Waals surface area (Å²) in [7, 11) is -1.85. The first kappa shape index (κ1) is 15.5. The van der Waals surface area contributed by atoms with E-state index in [1.54, 1.807) is 30.8 Å². The van der Waals surface area contributed by atoms with E-state index in [-0.39, 0.29) is 11.4 Å². The SMILES string of the molecule is Cc1ccc(C)c(S(=O)(=O)NCc2cnn(C)c2C)c1N. The minimum atomic E-state index is -3.66. The van der Waals surface area contributed by atoms with Gasteiger partial charge in [0.1, 0.15) is 4.90 Å². The highest BCUT2D eigenvalue weighted by Crippen LogP contribution is 2.25. The molecule has 0 radical (unpaired) electrons. The third-order valence-corrected chi connectivity index (χ3v) is 5.27. The smallest absolute Gasteiger partial charge is 0.243 e. The Bertz CT molecular complexity index is 779. The molecule has 0 saturated heterocycles. The number of aryl methyl sites for hydroxylation is 3. The molecule has 114 valence electrons. The molecule has 21 heavy (non-hydrogen) atoms. The van der Waals surface area contributed by atoms with Gasteiger partial charge in [0, 0.05) is 24.8 Å². The highest BCUT2D eigenvalue weighted by atomic mass is 32.2. The highest BCUT2D eigenvalue weighted by Gasteiger charge is 2.21. The van der Waals surface area contributed by atoms with Crippen LogP contribution in [-0.2, 0) is 23.6 Å². The zero-order chi connectivity index (χ0) is 15.8. The topological polar surface area (TPSA) is 90.0 Å². The van der Waals surface area contributed by atoms with Gasteiger partial charge in [0.25, 0.3) is 0 Å². The van der Waals surface area contributed by atoms with E-state index in [2.05, 4.69) is 9.82 Å². The number of nitrogens with two attached hydrogens (primary N) is 1. The van der Waals surface area contributed by atoms with Gasteiger partial charge >= 0.3 is 0 Å². The van der Waals surface area contributed by atoms with Crippen molar-refractivity contribution in [3.05, 3.63) is 40.7 Å². The summed E-state index contributed by atoms with van der Waals surface area (Å²) in [5.41, 5.74) is 9.38. The Morgan fingerprint density at radius 3 is 2.43 bits per heavy atom. The first-order valence-corrected chi connectivity index (χ1v) is 8.05. The molecule has 2 aromatic rings. The Balaban J connectivity index is 2.32. The van der Waals surface area contributed by atoms with Crippen LogP contribution in [0.3, 0.4) is 0 Å². The maximum atomic E-state index is 12.5. The highest BCUT2D eigenvalue weighted by molar-refractivity contribution is 7.89. The molecular formula is C14H20N4O2S. The molecule has 1 aromatic heterocycles. The molecule has 0 atom stereocenters. The molecular weight excluding hydrogens is 288 g/mol. The number of hydrogen-bond acceptors (Lipinski definition) is 4. The molecule has 0 spiro atoms. The normalized spacial score (nSPS) is 11.8. The Morgan fingerprint density at radius 1 is 1.24 bits per heavy atom. The fraction of sp³-hybridized carbons (Fsp3) is 0.357. The maximum Gasteiger partial charge on any atom is 0.243 e. The molecule has 6 nitrogen and oxygen atoms in total. The van der Waals surface area contributed by atoms with Crippen LogP contribution in [0, 0.1) is 20.8 Å². The average molecular weight is 308 g/mol. The molecule has 0 fully saturated rings. The van der Waals surface area contributed by atoms with E-state index in [0.29, 0.717) is 11.3 Å². The summed E-state index contributed by atoms with van der Waals surface area (Å²) in [5.74, 6) is 0. The largest absolute Gasteiger partial charge is 0.397 e. The van der Waals surface area contributed by atoms with Gasteiger partial charge in [0.05, 0.1) is 11.9 Å². The van der Waals surface area contributed by atoms with E-state index < -0.39 is 10.0 Å². The summed E-state index contributed by atoms with van der Waals surface area (Å²) in [4.78, 5) is 0.157. The van der Waals surface area contributed by atoms with Gasteiger partial charge in [-0.2, -0.15) is 5.10 Å². The van der Waals surface area contributed by atoms with Crippen LogP contribution >= 0.6 is 0 Å². The predicted octanol–water partition coefficient (Wildman–Crippen LogP) is 1.41. The zero-order valence-electron chi connectivity index (χ0n) is 12.6. The van der Waals surface area contributed by atoms with E-state index in [1.807, 2.05) is 20.0 Å². The van der Waals surface area contributed by atoms with Crippen molar-refractivity contribution in [3.63, 3.8) is 0 Å². The maximum absolute atomic E-state index is 12.5. The summed E-state index contributed by atoms with van der Waals surface area (Å²) >= 11 is 0. The predicted molar refractivity (Wildman–Crippen MR) is 82.3 cm³/mol. The van der Waals surface area contributed by atoms with Gasteiger partial charge < -0.3 is 5.73 Å². The molecule has 3 N–H and O–H groups in total.